The highest BCUT2D eigenvalue weighted by Crippen LogP contribution is 2.35. The molecule has 1 aliphatic heterocycles. The predicted octanol–water partition coefficient (Wildman–Crippen LogP) is 4.60. The van der Waals surface area contributed by atoms with Crippen molar-refractivity contribution in [1.29, 1.82) is 0 Å². The molecule has 0 unspecified atom stereocenters. The van der Waals surface area contributed by atoms with Gasteiger partial charge in [-0.15, -0.1) is 0 Å². The van der Waals surface area contributed by atoms with E-state index in [-0.39, 0.29) is 24.1 Å². The second kappa shape index (κ2) is 9.43. The van der Waals surface area contributed by atoms with Gasteiger partial charge in [0, 0.05) is 42.5 Å². The first-order valence-corrected chi connectivity index (χ1v) is 11.0. The number of hydrogen-bond acceptors (Lipinski definition) is 2. The van der Waals surface area contributed by atoms with E-state index in [2.05, 4.69) is 34.3 Å². The third-order valence-corrected chi connectivity index (χ3v) is 6.21. The van der Waals surface area contributed by atoms with Crippen molar-refractivity contribution in [2.45, 2.75) is 38.5 Å². The lowest BCUT2D eigenvalue weighted by molar-refractivity contribution is -0.121. The number of para-hydroxylation sites is 1. The Kier molecular flexibility index (Phi) is 6.48. The molecule has 0 spiro atoms. The number of benzene rings is 2. The number of carbonyl (C=O) groups is 1. The average molecular weight is 408 g/mol. The molecule has 0 radical (unpaired) electrons. The van der Waals surface area contributed by atoms with Crippen molar-refractivity contribution >= 4 is 16.8 Å². The van der Waals surface area contributed by atoms with E-state index in [1.165, 1.54) is 24.5 Å². The highest BCUT2D eigenvalue weighted by molar-refractivity contribution is 5.88. The maximum atomic E-state index is 14.7. The van der Waals surface area contributed by atoms with Gasteiger partial charge in [0.05, 0.1) is 0 Å². The van der Waals surface area contributed by atoms with E-state index >= 15 is 0 Å². The smallest absolute Gasteiger partial charge is 0.220 e. The molecule has 5 heteroatoms. The number of aromatic amines is 1. The largest absolute Gasteiger partial charge is 0.361 e. The lowest BCUT2D eigenvalue weighted by atomic mass is 9.87. The predicted molar refractivity (Wildman–Crippen MR) is 119 cm³/mol. The summed E-state index contributed by atoms with van der Waals surface area (Å²) in [7, 11) is 0. The fraction of sp³-hybridized carbons (Fsp3) is 0.400. The maximum absolute atomic E-state index is 14.7. The lowest BCUT2D eigenvalue weighted by Gasteiger charge is -2.19. The van der Waals surface area contributed by atoms with Crippen LogP contribution in [-0.4, -0.2) is 42.0 Å². The Bertz CT molecular complexity index is 1010. The van der Waals surface area contributed by atoms with E-state index < -0.39 is 0 Å². The molecule has 2 aromatic carbocycles. The second-order valence-electron chi connectivity index (χ2n) is 8.11. The van der Waals surface area contributed by atoms with E-state index in [0.29, 0.717) is 12.1 Å². The summed E-state index contributed by atoms with van der Waals surface area (Å²) >= 11 is 0. The fourth-order valence-electron chi connectivity index (χ4n) is 4.58. The molecule has 1 saturated heterocycles. The molecule has 3 aromatic rings. The first-order chi connectivity index (χ1) is 14.7. The topological polar surface area (TPSA) is 48.1 Å². The molecule has 4 nitrogen and oxygen atoms in total. The quantitative estimate of drug-likeness (QED) is 0.573. The standard InChI is InChI=1S/C25H30FN3O/c1-2-18-8-7-10-20-22(17-28-25(18)20)21(19-9-3-4-11-23(19)26)16-24(30)27-12-15-29-13-5-6-14-29/h3-4,7-11,17,21,28H,2,5-6,12-16H2,1H3,(H,27,30)/t21-/m1/s1. The summed E-state index contributed by atoms with van der Waals surface area (Å²) in [5, 5.41) is 4.11. The van der Waals surface area contributed by atoms with E-state index in [1.54, 1.807) is 12.1 Å². The number of nitrogens with one attached hydrogen (secondary N) is 2. The number of fused-ring (bicyclic) bond motifs is 1. The summed E-state index contributed by atoms with van der Waals surface area (Å²) in [6.07, 6.45) is 5.56. The lowest BCUT2D eigenvalue weighted by Crippen LogP contribution is -2.34. The molecule has 2 heterocycles. The maximum Gasteiger partial charge on any atom is 0.220 e. The molecule has 1 aromatic heterocycles. The van der Waals surface area contributed by atoms with Gasteiger partial charge < -0.3 is 15.2 Å². The van der Waals surface area contributed by atoms with Crippen LogP contribution >= 0.6 is 0 Å². The van der Waals surface area contributed by atoms with Crippen LogP contribution in [0.5, 0.6) is 0 Å². The molecular weight excluding hydrogens is 377 g/mol. The number of nitrogens with zero attached hydrogens (tertiary/aromatic N) is 1. The van der Waals surface area contributed by atoms with Gasteiger partial charge in [0.25, 0.3) is 0 Å². The van der Waals surface area contributed by atoms with E-state index in [4.69, 9.17) is 0 Å². The summed E-state index contributed by atoms with van der Waals surface area (Å²) in [5.74, 6) is -0.643. The van der Waals surface area contributed by atoms with Crippen LogP contribution in [-0.2, 0) is 11.2 Å². The summed E-state index contributed by atoms with van der Waals surface area (Å²) < 4.78 is 14.7. The average Bonchev–Trinajstić information content (AvgIpc) is 3.42. The van der Waals surface area contributed by atoms with Crippen LogP contribution in [0.4, 0.5) is 4.39 Å². The molecule has 1 fully saturated rings. The normalized spacial score (nSPS) is 15.5. The summed E-state index contributed by atoms with van der Waals surface area (Å²) in [6.45, 7) is 5.86. The molecular formula is C25H30FN3O. The second-order valence-corrected chi connectivity index (χ2v) is 8.11. The van der Waals surface area contributed by atoms with Gasteiger partial charge in [-0.25, -0.2) is 4.39 Å². The monoisotopic (exact) mass is 407 g/mol. The van der Waals surface area contributed by atoms with E-state index in [0.717, 1.165) is 42.5 Å². The number of amides is 1. The molecule has 4 rings (SSSR count). The molecule has 1 amide bonds. The summed E-state index contributed by atoms with van der Waals surface area (Å²) in [6, 6.07) is 13.0. The molecule has 0 aliphatic carbocycles. The first-order valence-electron chi connectivity index (χ1n) is 11.0. The number of likely N-dealkylation sites (tertiary alicyclic amines) is 1. The highest BCUT2D eigenvalue weighted by Gasteiger charge is 2.24. The molecule has 2 N–H and O–H groups in total. The number of halogens is 1. The van der Waals surface area contributed by atoms with Crippen molar-refractivity contribution in [2.75, 3.05) is 26.2 Å². The van der Waals surface area contributed by atoms with E-state index in [1.807, 2.05) is 18.3 Å². The highest BCUT2D eigenvalue weighted by atomic mass is 19.1. The van der Waals surface area contributed by atoms with Crippen LogP contribution in [0.2, 0.25) is 0 Å². The van der Waals surface area contributed by atoms with Crippen molar-refractivity contribution in [1.82, 2.24) is 15.2 Å². The van der Waals surface area contributed by atoms with E-state index in [9.17, 15) is 9.18 Å². The number of aryl methyl sites for hydroxylation is 1. The number of carbonyl (C=O) groups excluding carboxylic acids is 1. The van der Waals surface area contributed by atoms with Crippen molar-refractivity contribution < 1.29 is 9.18 Å². The van der Waals surface area contributed by atoms with Gasteiger partial charge in [0.15, 0.2) is 0 Å². The Morgan fingerprint density at radius 1 is 1.13 bits per heavy atom. The van der Waals surface area contributed by atoms with Gasteiger partial charge in [-0.3, -0.25) is 4.79 Å². The van der Waals surface area contributed by atoms with Crippen LogP contribution in [0.1, 0.15) is 48.8 Å². The molecule has 0 saturated carbocycles. The van der Waals surface area contributed by atoms with Gasteiger partial charge in [-0.05, 0) is 55.1 Å². The first kappa shape index (κ1) is 20.6. The van der Waals surface area contributed by atoms with Crippen LogP contribution in [0.25, 0.3) is 10.9 Å². The van der Waals surface area contributed by atoms with Crippen molar-refractivity contribution in [3.63, 3.8) is 0 Å². The van der Waals surface area contributed by atoms with Gasteiger partial charge in [0.1, 0.15) is 5.82 Å². The minimum Gasteiger partial charge on any atom is -0.361 e. The van der Waals surface area contributed by atoms with Crippen LogP contribution in [0.15, 0.2) is 48.7 Å². The number of H-pyrrole nitrogens is 1. The summed E-state index contributed by atoms with van der Waals surface area (Å²) in [4.78, 5) is 18.5. The Morgan fingerprint density at radius 2 is 1.93 bits per heavy atom. The minimum atomic E-state index is -0.334. The SMILES string of the molecule is CCc1cccc2c([C@H](CC(=O)NCCN3CCCC3)c3ccccc3F)c[nH]c12. The molecule has 0 bridgehead atoms. The third-order valence-electron chi connectivity index (χ3n) is 6.21. The van der Waals surface area contributed by atoms with Crippen molar-refractivity contribution in [2.24, 2.45) is 0 Å². The number of rotatable bonds is 8. The minimum absolute atomic E-state index is 0.0385. The van der Waals surface area contributed by atoms with Crippen LogP contribution < -0.4 is 5.32 Å². The molecule has 158 valence electrons. The van der Waals surface area contributed by atoms with Crippen LogP contribution in [0.3, 0.4) is 0 Å². The Labute approximate surface area is 177 Å². The zero-order chi connectivity index (χ0) is 20.9. The number of hydrogen-bond donors (Lipinski definition) is 2. The molecule has 1 aliphatic rings. The summed E-state index contributed by atoms with van der Waals surface area (Å²) in [5.41, 5.74) is 3.84. The van der Waals surface area contributed by atoms with Gasteiger partial charge >= 0.3 is 0 Å². The fourth-order valence-corrected chi connectivity index (χ4v) is 4.58. The van der Waals surface area contributed by atoms with Gasteiger partial charge in [-0.1, -0.05) is 43.3 Å². The number of aromatic nitrogens is 1. The Hall–Kier alpha value is -2.66. The zero-order valence-corrected chi connectivity index (χ0v) is 17.6. The van der Waals surface area contributed by atoms with Crippen molar-refractivity contribution in [3.8, 4) is 0 Å². The van der Waals surface area contributed by atoms with Gasteiger partial charge in [0.2, 0.25) is 5.91 Å². The van der Waals surface area contributed by atoms with Gasteiger partial charge in [-0.2, -0.15) is 0 Å². The molecule has 1 atom stereocenters. The Morgan fingerprint density at radius 3 is 2.70 bits per heavy atom. The van der Waals surface area contributed by atoms with Crippen LogP contribution in [0, 0.1) is 5.82 Å². The zero-order valence-electron chi connectivity index (χ0n) is 17.6. The van der Waals surface area contributed by atoms with Crippen molar-refractivity contribution in [3.05, 3.63) is 71.2 Å². The molecule has 30 heavy (non-hydrogen) atoms. The Balaban J connectivity index is 1.58. The third kappa shape index (κ3) is 4.41.